The first-order chi connectivity index (χ1) is 10.0. The lowest BCUT2D eigenvalue weighted by molar-refractivity contribution is 0.451. The largest absolute Gasteiger partial charge is 0.437 e. The zero-order valence-electron chi connectivity index (χ0n) is 12.3. The highest BCUT2D eigenvalue weighted by Gasteiger charge is 2.13. The Morgan fingerprint density at radius 1 is 1.24 bits per heavy atom. The summed E-state index contributed by atoms with van der Waals surface area (Å²) in [6.07, 6.45) is 0. The van der Waals surface area contributed by atoms with E-state index >= 15 is 0 Å². The van der Waals surface area contributed by atoms with E-state index in [1.54, 1.807) is 18.2 Å². The van der Waals surface area contributed by atoms with Crippen LogP contribution in [0.4, 0.5) is 0 Å². The number of pyridine rings is 1. The van der Waals surface area contributed by atoms with Gasteiger partial charge in [0.05, 0.1) is 5.02 Å². The number of rotatable bonds is 5. The fraction of sp³-hybridized carbons (Fsp3) is 0.312. The second-order valence-corrected chi connectivity index (χ2v) is 5.58. The molecule has 0 fully saturated rings. The third-order valence-corrected chi connectivity index (χ3v) is 3.91. The van der Waals surface area contributed by atoms with Gasteiger partial charge in [0, 0.05) is 17.8 Å². The first-order valence-electron chi connectivity index (χ1n) is 6.82. The normalized spacial score (nSPS) is 10.7. The summed E-state index contributed by atoms with van der Waals surface area (Å²) in [5.41, 5.74) is 3.07. The minimum atomic E-state index is 0.398. The van der Waals surface area contributed by atoms with Crippen molar-refractivity contribution in [2.45, 2.75) is 27.3 Å². The molecule has 1 aromatic heterocycles. The Labute approximate surface area is 135 Å². The molecular formula is C16H18Cl2N2O. The summed E-state index contributed by atoms with van der Waals surface area (Å²) in [6.45, 7) is 7.63. The van der Waals surface area contributed by atoms with E-state index in [1.165, 1.54) is 0 Å². The number of halogens is 2. The molecule has 0 aliphatic rings. The van der Waals surface area contributed by atoms with Crippen molar-refractivity contribution in [2.24, 2.45) is 0 Å². The number of ether oxygens (including phenoxy) is 1. The lowest BCUT2D eigenvalue weighted by atomic mass is 10.1. The molecule has 0 bridgehead atoms. The predicted octanol–water partition coefficient (Wildman–Crippen LogP) is 4.91. The summed E-state index contributed by atoms with van der Waals surface area (Å²) in [6, 6.07) is 7.35. The van der Waals surface area contributed by atoms with Crippen molar-refractivity contribution in [1.29, 1.82) is 0 Å². The van der Waals surface area contributed by atoms with E-state index in [1.807, 2.05) is 19.9 Å². The van der Waals surface area contributed by atoms with Crippen LogP contribution < -0.4 is 10.1 Å². The second-order valence-electron chi connectivity index (χ2n) is 4.80. The monoisotopic (exact) mass is 324 g/mol. The topological polar surface area (TPSA) is 34.2 Å². The van der Waals surface area contributed by atoms with Crippen molar-refractivity contribution in [2.75, 3.05) is 6.54 Å². The molecule has 0 aliphatic heterocycles. The summed E-state index contributed by atoms with van der Waals surface area (Å²) in [7, 11) is 0. The molecule has 0 aliphatic carbocycles. The predicted molar refractivity (Wildman–Crippen MR) is 87.6 cm³/mol. The van der Waals surface area contributed by atoms with Crippen molar-refractivity contribution >= 4 is 23.2 Å². The molecule has 0 radical (unpaired) electrons. The Morgan fingerprint density at radius 2 is 2.00 bits per heavy atom. The van der Waals surface area contributed by atoms with Crippen LogP contribution in [0.25, 0.3) is 0 Å². The smallest absolute Gasteiger partial charge is 0.224 e. The molecule has 112 valence electrons. The minimum Gasteiger partial charge on any atom is -0.437 e. The van der Waals surface area contributed by atoms with E-state index < -0.39 is 0 Å². The van der Waals surface area contributed by atoms with Gasteiger partial charge in [0.1, 0.15) is 10.8 Å². The molecule has 5 heteroatoms. The van der Waals surface area contributed by atoms with Gasteiger partial charge in [0.15, 0.2) is 0 Å². The molecule has 0 amide bonds. The summed E-state index contributed by atoms with van der Waals surface area (Å²) < 4.78 is 5.91. The van der Waals surface area contributed by atoms with Gasteiger partial charge >= 0.3 is 0 Å². The lowest BCUT2D eigenvalue weighted by Gasteiger charge is -2.15. The van der Waals surface area contributed by atoms with Crippen LogP contribution in [0.3, 0.4) is 0 Å². The highest BCUT2D eigenvalue weighted by Crippen LogP contribution is 2.35. The van der Waals surface area contributed by atoms with Crippen molar-refractivity contribution in [3.63, 3.8) is 0 Å². The Kier molecular flexibility index (Phi) is 5.45. The number of nitrogens with one attached hydrogen (secondary N) is 1. The van der Waals surface area contributed by atoms with Gasteiger partial charge in [-0.15, -0.1) is 0 Å². The van der Waals surface area contributed by atoms with Crippen LogP contribution in [0.5, 0.6) is 11.6 Å². The molecular weight excluding hydrogens is 307 g/mol. The number of hydrogen-bond donors (Lipinski definition) is 1. The molecule has 3 nitrogen and oxygen atoms in total. The average Bonchev–Trinajstić information content (AvgIpc) is 2.43. The van der Waals surface area contributed by atoms with Gasteiger partial charge in [-0.1, -0.05) is 36.2 Å². The van der Waals surface area contributed by atoms with Crippen LogP contribution in [0.1, 0.15) is 23.7 Å². The van der Waals surface area contributed by atoms with E-state index in [0.29, 0.717) is 28.2 Å². The molecule has 0 unspecified atom stereocenters. The van der Waals surface area contributed by atoms with Gasteiger partial charge in [-0.05, 0) is 44.2 Å². The number of aromatic nitrogens is 1. The fourth-order valence-electron chi connectivity index (χ4n) is 2.05. The van der Waals surface area contributed by atoms with Crippen molar-refractivity contribution in [3.05, 3.63) is 51.1 Å². The number of hydrogen-bond acceptors (Lipinski definition) is 3. The van der Waals surface area contributed by atoms with Crippen molar-refractivity contribution < 1.29 is 4.74 Å². The van der Waals surface area contributed by atoms with Crippen LogP contribution in [0.15, 0.2) is 24.3 Å². The number of nitrogens with zero attached hydrogens (tertiary/aromatic N) is 1. The molecule has 0 atom stereocenters. The molecule has 1 N–H and O–H groups in total. The second kappa shape index (κ2) is 7.12. The molecule has 1 heterocycles. The Morgan fingerprint density at radius 3 is 2.71 bits per heavy atom. The van der Waals surface area contributed by atoms with Gasteiger partial charge in [0.2, 0.25) is 5.88 Å². The highest BCUT2D eigenvalue weighted by molar-refractivity contribution is 6.42. The van der Waals surface area contributed by atoms with Gasteiger partial charge < -0.3 is 10.1 Å². The maximum atomic E-state index is 6.18. The van der Waals surface area contributed by atoms with Crippen LogP contribution in [0, 0.1) is 13.8 Å². The van der Waals surface area contributed by atoms with Gasteiger partial charge in [-0.3, -0.25) is 0 Å². The SMILES string of the molecule is CCNCc1c(C)cc(C)nc1Oc1cccc(Cl)c1Cl. The van der Waals surface area contributed by atoms with Crippen LogP contribution in [0.2, 0.25) is 10.0 Å². The average molecular weight is 325 g/mol. The van der Waals surface area contributed by atoms with Crippen LogP contribution >= 0.6 is 23.2 Å². The molecule has 2 rings (SSSR count). The van der Waals surface area contributed by atoms with E-state index in [0.717, 1.165) is 23.4 Å². The Hall–Kier alpha value is -1.29. The highest BCUT2D eigenvalue weighted by atomic mass is 35.5. The minimum absolute atomic E-state index is 0.398. The van der Waals surface area contributed by atoms with Gasteiger partial charge in [0.25, 0.3) is 0 Å². The lowest BCUT2D eigenvalue weighted by Crippen LogP contribution is -2.14. The summed E-state index contributed by atoms with van der Waals surface area (Å²) >= 11 is 12.2. The molecule has 0 saturated heterocycles. The Bertz CT molecular complexity index is 644. The first-order valence-corrected chi connectivity index (χ1v) is 7.58. The van der Waals surface area contributed by atoms with E-state index in [-0.39, 0.29) is 0 Å². The quantitative estimate of drug-likeness (QED) is 0.848. The third kappa shape index (κ3) is 3.88. The number of benzene rings is 1. The zero-order chi connectivity index (χ0) is 15.4. The Balaban J connectivity index is 2.40. The molecule has 21 heavy (non-hydrogen) atoms. The van der Waals surface area contributed by atoms with Crippen LogP contribution in [-0.4, -0.2) is 11.5 Å². The summed E-state index contributed by atoms with van der Waals surface area (Å²) in [5.74, 6) is 1.08. The maximum absolute atomic E-state index is 6.18. The zero-order valence-corrected chi connectivity index (χ0v) is 13.8. The van der Waals surface area contributed by atoms with E-state index in [9.17, 15) is 0 Å². The molecule has 0 spiro atoms. The first kappa shape index (κ1) is 16.1. The van der Waals surface area contributed by atoms with Crippen molar-refractivity contribution in [3.8, 4) is 11.6 Å². The van der Waals surface area contributed by atoms with E-state index in [4.69, 9.17) is 27.9 Å². The van der Waals surface area contributed by atoms with Gasteiger partial charge in [-0.2, -0.15) is 0 Å². The summed E-state index contributed by atoms with van der Waals surface area (Å²) in [5, 5.41) is 4.16. The molecule has 1 aromatic carbocycles. The number of aryl methyl sites for hydroxylation is 2. The van der Waals surface area contributed by atoms with Crippen LogP contribution in [-0.2, 0) is 6.54 Å². The maximum Gasteiger partial charge on any atom is 0.224 e. The standard InChI is InChI=1S/C16H18Cl2N2O/c1-4-19-9-12-10(2)8-11(3)20-16(12)21-14-7-5-6-13(17)15(14)18/h5-8,19H,4,9H2,1-3H3. The molecule has 0 saturated carbocycles. The summed E-state index contributed by atoms with van der Waals surface area (Å²) in [4.78, 5) is 4.49. The fourth-order valence-corrected chi connectivity index (χ4v) is 2.38. The van der Waals surface area contributed by atoms with Gasteiger partial charge in [-0.25, -0.2) is 4.98 Å². The van der Waals surface area contributed by atoms with E-state index in [2.05, 4.69) is 17.2 Å². The van der Waals surface area contributed by atoms with Crippen molar-refractivity contribution in [1.82, 2.24) is 10.3 Å². The molecule has 2 aromatic rings. The third-order valence-electron chi connectivity index (χ3n) is 3.11.